The number of aromatic nitrogens is 2. The minimum absolute atomic E-state index is 0.0520. The molecule has 9 heteroatoms. The Hall–Kier alpha value is -3.49. The molecule has 2 aromatic rings. The van der Waals surface area contributed by atoms with Crippen molar-refractivity contribution < 1.29 is 19.1 Å². The predicted molar refractivity (Wildman–Crippen MR) is 106 cm³/mol. The van der Waals surface area contributed by atoms with E-state index in [1.165, 1.54) is 18.3 Å². The van der Waals surface area contributed by atoms with E-state index in [0.29, 0.717) is 28.2 Å². The number of H-pyrrole nitrogens is 1. The molecule has 3 rings (SSSR count). The van der Waals surface area contributed by atoms with Crippen LogP contribution in [0.25, 0.3) is 0 Å². The molecule has 2 amide bonds. The Bertz CT molecular complexity index is 1060. The molecule has 152 valence electrons. The van der Waals surface area contributed by atoms with Gasteiger partial charge in [-0.1, -0.05) is 0 Å². The molecule has 1 aliphatic rings. The number of fused-ring (bicyclic) bond motifs is 1. The number of nitrogens with one attached hydrogen (secondary N) is 2. The molecule has 0 spiro atoms. The second-order valence-electron chi connectivity index (χ2n) is 7.35. The quantitative estimate of drug-likeness (QED) is 0.727. The van der Waals surface area contributed by atoms with Gasteiger partial charge in [0.2, 0.25) is 11.8 Å². The Morgan fingerprint density at radius 1 is 1.28 bits per heavy atom. The van der Waals surface area contributed by atoms with Crippen molar-refractivity contribution in [3.05, 3.63) is 51.7 Å². The van der Waals surface area contributed by atoms with Crippen LogP contribution in [0.4, 0.5) is 11.4 Å². The zero-order valence-electron chi connectivity index (χ0n) is 16.7. The SMILES string of the molecule is COC(=O)CN1C(=O)C(C)(C)c2cc(NC(=O)Cc3nc[nH]c(=O)c3C)ccc21. The summed E-state index contributed by atoms with van der Waals surface area (Å²) < 4.78 is 4.67. The number of carbonyl (C=O) groups is 3. The lowest BCUT2D eigenvalue weighted by atomic mass is 9.86. The third-order valence-electron chi connectivity index (χ3n) is 5.06. The van der Waals surface area contributed by atoms with Gasteiger partial charge in [-0.05, 0) is 44.5 Å². The van der Waals surface area contributed by atoms with Crippen LogP contribution < -0.4 is 15.8 Å². The molecular weight excluding hydrogens is 376 g/mol. The van der Waals surface area contributed by atoms with Crippen LogP contribution in [0.3, 0.4) is 0 Å². The molecule has 0 atom stereocenters. The van der Waals surface area contributed by atoms with Gasteiger partial charge in [0, 0.05) is 16.9 Å². The van der Waals surface area contributed by atoms with Crippen LogP contribution in [-0.4, -0.2) is 41.4 Å². The molecule has 0 aliphatic carbocycles. The van der Waals surface area contributed by atoms with Crippen molar-refractivity contribution in [2.24, 2.45) is 0 Å². The summed E-state index contributed by atoms with van der Waals surface area (Å²) in [5.41, 5.74) is 1.47. The number of aromatic amines is 1. The van der Waals surface area contributed by atoms with Crippen LogP contribution >= 0.6 is 0 Å². The van der Waals surface area contributed by atoms with E-state index in [1.54, 1.807) is 39.0 Å². The molecule has 0 saturated heterocycles. The highest BCUT2D eigenvalue weighted by Gasteiger charge is 2.44. The second-order valence-corrected chi connectivity index (χ2v) is 7.35. The average molecular weight is 398 g/mol. The van der Waals surface area contributed by atoms with Crippen LogP contribution in [0.1, 0.15) is 30.7 Å². The lowest BCUT2D eigenvalue weighted by Gasteiger charge is -2.19. The summed E-state index contributed by atoms with van der Waals surface area (Å²) in [4.78, 5) is 56.4. The van der Waals surface area contributed by atoms with Crippen molar-refractivity contribution in [1.29, 1.82) is 0 Å². The van der Waals surface area contributed by atoms with Crippen molar-refractivity contribution in [2.45, 2.75) is 32.6 Å². The Morgan fingerprint density at radius 3 is 2.69 bits per heavy atom. The largest absolute Gasteiger partial charge is 0.468 e. The number of amides is 2. The minimum atomic E-state index is -0.852. The molecule has 0 unspecified atom stereocenters. The maximum atomic E-state index is 12.8. The van der Waals surface area contributed by atoms with Gasteiger partial charge in [0.15, 0.2) is 0 Å². The summed E-state index contributed by atoms with van der Waals surface area (Å²) in [5, 5.41) is 2.77. The zero-order valence-corrected chi connectivity index (χ0v) is 16.7. The van der Waals surface area contributed by atoms with E-state index in [4.69, 9.17) is 0 Å². The van der Waals surface area contributed by atoms with Crippen LogP contribution in [-0.2, 0) is 31.0 Å². The van der Waals surface area contributed by atoms with Crippen molar-refractivity contribution >= 4 is 29.2 Å². The number of hydrogen-bond acceptors (Lipinski definition) is 6. The van der Waals surface area contributed by atoms with Crippen molar-refractivity contribution in [1.82, 2.24) is 9.97 Å². The van der Waals surface area contributed by atoms with Crippen LogP contribution in [0.2, 0.25) is 0 Å². The van der Waals surface area contributed by atoms with E-state index in [9.17, 15) is 19.2 Å². The summed E-state index contributed by atoms with van der Waals surface area (Å²) in [5.74, 6) is -1.07. The van der Waals surface area contributed by atoms with E-state index in [0.717, 1.165) is 0 Å². The fourth-order valence-electron chi connectivity index (χ4n) is 3.30. The van der Waals surface area contributed by atoms with Crippen LogP contribution in [0.15, 0.2) is 29.3 Å². The molecule has 1 aliphatic heterocycles. The van der Waals surface area contributed by atoms with Crippen LogP contribution in [0, 0.1) is 6.92 Å². The molecule has 9 nitrogen and oxygen atoms in total. The van der Waals surface area contributed by atoms with Gasteiger partial charge in [-0.3, -0.25) is 19.2 Å². The number of ether oxygens (including phenoxy) is 1. The maximum Gasteiger partial charge on any atom is 0.325 e. The molecular formula is C20H22N4O5. The smallest absolute Gasteiger partial charge is 0.325 e. The summed E-state index contributed by atoms with van der Waals surface area (Å²) in [6.07, 6.45) is 1.21. The molecule has 0 saturated carbocycles. The Labute approximate surface area is 167 Å². The molecule has 1 aromatic carbocycles. The average Bonchev–Trinajstić information content (AvgIpc) is 2.86. The van der Waals surface area contributed by atoms with Gasteiger partial charge in [0.1, 0.15) is 6.54 Å². The first kappa shape index (κ1) is 20.2. The van der Waals surface area contributed by atoms with Gasteiger partial charge in [-0.15, -0.1) is 0 Å². The standard InChI is InChI=1S/C20H22N4O5/c1-11-14(21-10-22-18(11)27)8-16(25)23-12-5-6-15-13(7-12)20(2,3)19(28)24(15)9-17(26)29-4/h5-7,10H,8-9H2,1-4H3,(H,23,25)(H,21,22,27). The number of nitrogens with zero attached hydrogens (tertiary/aromatic N) is 2. The molecule has 2 heterocycles. The second kappa shape index (κ2) is 7.50. The highest BCUT2D eigenvalue weighted by Crippen LogP contribution is 2.42. The maximum absolute atomic E-state index is 12.8. The highest BCUT2D eigenvalue weighted by atomic mass is 16.5. The summed E-state index contributed by atoms with van der Waals surface area (Å²) >= 11 is 0. The van der Waals surface area contributed by atoms with E-state index >= 15 is 0 Å². The lowest BCUT2D eigenvalue weighted by molar-refractivity contribution is -0.140. The Morgan fingerprint density at radius 2 is 2.00 bits per heavy atom. The first-order valence-electron chi connectivity index (χ1n) is 9.01. The minimum Gasteiger partial charge on any atom is -0.468 e. The van der Waals surface area contributed by atoms with E-state index < -0.39 is 11.4 Å². The van der Waals surface area contributed by atoms with Gasteiger partial charge in [-0.2, -0.15) is 0 Å². The van der Waals surface area contributed by atoms with Crippen LogP contribution in [0.5, 0.6) is 0 Å². The Kier molecular flexibility index (Phi) is 5.23. The number of carbonyl (C=O) groups excluding carboxylic acids is 3. The molecule has 29 heavy (non-hydrogen) atoms. The zero-order chi connectivity index (χ0) is 21.3. The fraction of sp³-hybridized carbons (Fsp3) is 0.350. The van der Waals surface area contributed by atoms with Crippen molar-refractivity contribution in [3.63, 3.8) is 0 Å². The number of esters is 1. The highest BCUT2D eigenvalue weighted by molar-refractivity contribution is 6.10. The van der Waals surface area contributed by atoms with Crippen molar-refractivity contribution in [2.75, 3.05) is 23.9 Å². The topological polar surface area (TPSA) is 121 Å². The third-order valence-corrected chi connectivity index (χ3v) is 5.06. The first-order chi connectivity index (χ1) is 13.6. The number of benzene rings is 1. The molecule has 0 bridgehead atoms. The van der Waals surface area contributed by atoms with E-state index in [-0.39, 0.29) is 30.3 Å². The Balaban J connectivity index is 1.83. The van der Waals surface area contributed by atoms with Gasteiger partial charge in [0.25, 0.3) is 5.56 Å². The van der Waals surface area contributed by atoms with E-state index in [1.807, 2.05) is 0 Å². The number of anilines is 2. The predicted octanol–water partition coefficient (Wildman–Crippen LogP) is 1.06. The van der Waals surface area contributed by atoms with E-state index in [2.05, 4.69) is 20.0 Å². The van der Waals surface area contributed by atoms with Gasteiger partial charge in [-0.25, -0.2) is 4.98 Å². The van der Waals surface area contributed by atoms with Gasteiger partial charge < -0.3 is 19.9 Å². The van der Waals surface area contributed by atoms with Crippen molar-refractivity contribution in [3.8, 4) is 0 Å². The summed E-state index contributed by atoms with van der Waals surface area (Å²) in [6.45, 7) is 4.96. The molecule has 2 N–H and O–H groups in total. The number of methoxy groups -OCH3 is 1. The lowest BCUT2D eigenvalue weighted by Crippen LogP contribution is -2.39. The summed E-state index contributed by atoms with van der Waals surface area (Å²) in [7, 11) is 1.27. The normalized spacial score (nSPS) is 14.5. The van der Waals surface area contributed by atoms with Gasteiger partial charge in [0.05, 0.1) is 31.0 Å². The molecule has 0 radical (unpaired) electrons. The number of rotatable bonds is 5. The number of hydrogen-bond donors (Lipinski definition) is 2. The molecule has 1 aromatic heterocycles. The molecule has 0 fully saturated rings. The van der Waals surface area contributed by atoms with Gasteiger partial charge >= 0.3 is 5.97 Å². The fourth-order valence-corrected chi connectivity index (χ4v) is 3.30. The first-order valence-corrected chi connectivity index (χ1v) is 9.01. The monoisotopic (exact) mass is 398 g/mol. The summed E-state index contributed by atoms with van der Waals surface area (Å²) in [6, 6.07) is 5.07. The third kappa shape index (κ3) is 3.75.